The third-order valence-electron chi connectivity index (χ3n) is 5.39. The Balaban J connectivity index is 1.79. The predicted molar refractivity (Wildman–Crippen MR) is 137 cm³/mol. The van der Waals surface area contributed by atoms with E-state index in [1.165, 1.54) is 5.56 Å². The number of nitrogens with zero attached hydrogens (tertiary/aromatic N) is 1. The summed E-state index contributed by atoms with van der Waals surface area (Å²) < 4.78 is 0. The van der Waals surface area contributed by atoms with Gasteiger partial charge < -0.3 is 10.2 Å². The number of carbonyl (C=O) groups is 2. The number of benzene rings is 3. The van der Waals surface area contributed by atoms with Crippen molar-refractivity contribution in [1.29, 1.82) is 0 Å². The molecule has 3 aromatic rings. The molecular weight excluding hydrogens is 452 g/mol. The molecular formula is C27H29ClN2O2S. The molecule has 0 aliphatic heterocycles. The molecule has 33 heavy (non-hydrogen) atoms. The largest absolute Gasteiger partial charge is 0.357 e. The molecule has 0 unspecified atom stereocenters. The maximum atomic E-state index is 13.4. The summed E-state index contributed by atoms with van der Waals surface area (Å²) in [6.45, 7) is 2.40. The smallest absolute Gasteiger partial charge is 0.242 e. The van der Waals surface area contributed by atoms with Gasteiger partial charge in [0.05, 0.1) is 0 Å². The van der Waals surface area contributed by atoms with Crippen LogP contribution in [-0.2, 0) is 22.6 Å². The molecule has 1 atom stereocenters. The molecule has 3 rings (SSSR count). The lowest BCUT2D eigenvalue weighted by molar-refractivity contribution is -0.140. The van der Waals surface area contributed by atoms with Crippen molar-refractivity contribution in [2.45, 2.75) is 37.2 Å². The summed E-state index contributed by atoms with van der Waals surface area (Å²) >= 11 is 7.69. The molecule has 0 aromatic heterocycles. The van der Waals surface area contributed by atoms with Gasteiger partial charge in [0, 0.05) is 42.1 Å². The highest BCUT2D eigenvalue weighted by molar-refractivity contribution is 7.99. The molecule has 0 heterocycles. The van der Waals surface area contributed by atoms with Crippen molar-refractivity contribution < 1.29 is 9.59 Å². The molecule has 4 nitrogen and oxygen atoms in total. The molecule has 0 bridgehead atoms. The molecule has 172 valence electrons. The fraction of sp³-hybridized carbons (Fsp3) is 0.259. The molecule has 0 radical (unpaired) electrons. The highest BCUT2D eigenvalue weighted by Crippen LogP contribution is 2.22. The molecule has 2 amide bonds. The minimum absolute atomic E-state index is 0.0471. The van der Waals surface area contributed by atoms with Gasteiger partial charge in [-0.3, -0.25) is 9.59 Å². The van der Waals surface area contributed by atoms with E-state index < -0.39 is 6.04 Å². The van der Waals surface area contributed by atoms with Crippen molar-refractivity contribution in [1.82, 2.24) is 10.2 Å². The van der Waals surface area contributed by atoms with Gasteiger partial charge in [0.25, 0.3) is 0 Å². The second-order valence-corrected chi connectivity index (χ2v) is 9.48. The summed E-state index contributed by atoms with van der Waals surface area (Å²) in [5, 5.41) is 3.38. The number of halogens is 1. The van der Waals surface area contributed by atoms with Gasteiger partial charge in [0.2, 0.25) is 11.8 Å². The fourth-order valence-corrected chi connectivity index (χ4v) is 4.51. The van der Waals surface area contributed by atoms with Crippen molar-refractivity contribution in [3.05, 3.63) is 101 Å². The van der Waals surface area contributed by atoms with Crippen LogP contribution in [-0.4, -0.2) is 35.6 Å². The second kappa shape index (κ2) is 12.5. The first-order valence-corrected chi connectivity index (χ1v) is 12.3. The molecule has 0 aliphatic carbocycles. The number of amides is 2. The van der Waals surface area contributed by atoms with E-state index in [9.17, 15) is 9.59 Å². The first kappa shape index (κ1) is 24.9. The van der Waals surface area contributed by atoms with Crippen molar-refractivity contribution >= 4 is 35.2 Å². The zero-order valence-corrected chi connectivity index (χ0v) is 20.5. The van der Waals surface area contributed by atoms with E-state index in [0.717, 1.165) is 16.0 Å². The summed E-state index contributed by atoms with van der Waals surface area (Å²) in [5.74, 6) is 0.423. The summed E-state index contributed by atoms with van der Waals surface area (Å²) in [6.07, 6.45) is 0.791. The zero-order valence-electron chi connectivity index (χ0n) is 19.0. The van der Waals surface area contributed by atoms with Gasteiger partial charge >= 0.3 is 0 Å². The van der Waals surface area contributed by atoms with Gasteiger partial charge in [-0.2, -0.15) is 0 Å². The Labute approximate surface area is 205 Å². The Morgan fingerprint density at radius 2 is 1.61 bits per heavy atom. The topological polar surface area (TPSA) is 49.4 Å². The molecule has 0 fully saturated rings. The third kappa shape index (κ3) is 7.65. The molecule has 0 saturated heterocycles. The Morgan fingerprint density at radius 1 is 0.939 bits per heavy atom. The molecule has 6 heteroatoms. The number of hydrogen-bond donors (Lipinski definition) is 1. The average molecular weight is 481 g/mol. The van der Waals surface area contributed by atoms with Crippen LogP contribution in [0.5, 0.6) is 0 Å². The van der Waals surface area contributed by atoms with E-state index in [0.29, 0.717) is 30.2 Å². The average Bonchev–Trinajstić information content (AvgIpc) is 2.83. The number of hydrogen-bond acceptors (Lipinski definition) is 3. The number of nitrogens with one attached hydrogen (secondary N) is 1. The number of rotatable bonds is 10. The van der Waals surface area contributed by atoms with Gasteiger partial charge in [-0.15, -0.1) is 11.8 Å². The lowest BCUT2D eigenvalue weighted by atomic mass is 10.0. The molecule has 0 spiro atoms. The van der Waals surface area contributed by atoms with Gasteiger partial charge in [0.15, 0.2) is 0 Å². The third-order valence-corrected chi connectivity index (χ3v) is 6.66. The maximum Gasteiger partial charge on any atom is 0.242 e. The van der Waals surface area contributed by atoms with Crippen molar-refractivity contribution in [2.24, 2.45) is 0 Å². The lowest BCUT2D eigenvalue weighted by Crippen LogP contribution is -2.49. The first-order chi connectivity index (χ1) is 16.0. The highest BCUT2D eigenvalue weighted by atomic mass is 35.5. The van der Waals surface area contributed by atoms with Crippen LogP contribution in [0.1, 0.15) is 23.1 Å². The Morgan fingerprint density at radius 3 is 2.24 bits per heavy atom. The minimum atomic E-state index is -0.607. The Bertz CT molecular complexity index is 1040. The van der Waals surface area contributed by atoms with Crippen LogP contribution in [0.2, 0.25) is 5.02 Å². The summed E-state index contributed by atoms with van der Waals surface area (Å²) in [4.78, 5) is 29.1. The van der Waals surface area contributed by atoms with Gasteiger partial charge in [-0.25, -0.2) is 0 Å². The Kier molecular flexibility index (Phi) is 9.40. The van der Waals surface area contributed by atoms with Crippen LogP contribution in [0.15, 0.2) is 83.8 Å². The SMILES string of the molecule is CNC(=O)[C@H](Cc1ccccc1)N(Cc1ccc(Cl)cc1)C(=O)CCSc1ccc(C)cc1. The monoisotopic (exact) mass is 480 g/mol. The number of aryl methyl sites for hydroxylation is 1. The number of thioether (sulfide) groups is 1. The summed E-state index contributed by atoms with van der Waals surface area (Å²) in [6, 6.07) is 24.9. The van der Waals surface area contributed by atoms with Crippen LogP contribution in [0, 0.1) is 6.92 Å². The van der Waals surface area contributed by atoms with Crippen LogP contribution in [0.3, 0.4) is 0 Å². The second-order valence-electron chi connectivity index (χ2n) is 7.88. The fourth-order valence-electron chi connectivity index (χ4n) is 3.54. The number of carbonyl (C=O) groups excluding carboxylic acids is 2. The predicted octanol–water partition coefficient (Wildman–Crippen LogP) is 5.52. The van der Waals surface area contributed by atoms with Crippen molar-refractivity contribution in [2.75, 3.05) is 12.8 Å². The van der Waals surface area contributed by atoms with E-state index in [2.05, 4.69) is 36.5 Å². The van der Waals surface area contributed by atoms with Crippen LogP contribution >= 0.6 is 23.4 Å². The molecule has 0 saturated carbocycles. The normalized spacial score (nSPS) is 11.6. The van der Waals surface area contributed by atoms with Gasteiger partial charge in [-0.05, 0) is 42.3 Å². The van der Waals surface area contributed by atoms with Crippen LogP contribution < -0.4 is 5.32 Å². The highest BCUT2D eigenvalue weighted by Gasteiger charge is 2.29. The molecule has 3 aromatic carbocycles. The Hall–Kier alpha value is -2.76. The van der Waals surface area contributed by atoms with Gasteiger partial charge in [0.1, 0.15) is 6.04 Å². The molecule has 1 N–H and O–H groups in total. The van der Waals surface area contributed by atoms with Crippen LogP contribution in [0.4, 0.5) is 0 Å². The van der Waals surface area contributed by atoms with E-state index in [1.807, 2.05) is 42.5 Å². The maximum absolute atomic E-state index is 13.4. The van der Waals surface area contributed by atoms with E-state index in [-0.39, 0.29) is 11.8 Å². The first-order valence-electron chi connectivity index (χ1n) is 10.9. The van der Waals surface area contributed by atoms with Crippen molar-refractivity contribution in [3.8, 4) is 0 Å². The van der Waals surface area contributed by atoms with Crippen molar-refractivity contribution in [3.63, 3.8) is 0 Å². The number of likely N-dealkylation sites (N-methyl/N-ethyl adjacent to an activating group) is 1. The summed E-state index contributed by atoms with van der Waals surface area (Å²) in [7, 11) is 1.61. The lowest BCUT2D eigenvalue weighted by Gasteiger charge is -2.31. The zero-order chi connectivity index (χ0) is 23.6. The van der Waals surface area contributed by atoms with Crippen LogP contribution in [0.25, 0.3) is 0 Å². The minimum Gasteiger partial charge on any atom is -0.357 e. The quantitative estimate of drug-likeness (QED) is 0.389. The van der Waals surface area contributed by atoms with E-state index >= 15 is 0 Å². The summed E-state index contributed by atoms with van der Waals surface area (Å²) in [5.41, 5.74) is 3.15. The van der Waals surface area contributed by atoms with E-state index in [1.54, 1.807) is 35.8 Å². The van der Waals surface area contributed by atoms with E-state index in [4.69, 9.17) is 11.6 Å². The standard InChI is InChI=1S/C27H29ClN2O2S/c1-20-8-14-24(15-9-20)33-17-16-26(31)30(19-22-10-12-23(28)13-11-22)25(27(32)29-2)18-21-6-4-3-5-7-21/h3-15,25H,16-19H2,1-2H3,(H,29,32)/t25-/m0/s1. The molecule has 0 aliphatic rings. The van der Waals surface area contributed by atoms with Gasteiger partial charge in [-0.1, -0.05) is 71.8 Å².